The van der Waals surface area contributed by atoms with Crippen LogP contribution in [0.5, 0.6) is 0 Å². The molecule has 0 saturated heterocycles. The first-order valence-electron chi connectivity index (χ1n) is 6.16. The molecule has 0 amide bonds. The van der Waals surface area contributed by atoms with Gasteiger partial charge in [-0.25, -0.2) is 4.39 Å². The summed E-state index contributed by atoms with van der Waals surface area (Å²) in [6.45, 7) is 4.66. The second kappa shape index (κ2) is 6.13. The number of nitrogens with zero attached hydrogens (tertiary/aromatic N) is 1. The number of nitrogens with one attached hydrogen (secondary N) is 1. The van der Waals surface area contributed by atoms with E-state index in [2.05, 4.69) is 10.3 Å². The lowest BCUT2D eigenvalue weighted by atomic mass is 10.1. The van der Waals surface area contributed by atoms with Crippen molar-refractivity contribution in [1.29, 1.82) is 0 Å². The zero-order valence-corrected chi connectivity index (χ0v) is 11.7. The number of rotatable bonds is 4. The Morgan fingerprint density at radius 1 is 1.37 bits per heavy atom. The molecule has 4 heteroatoms. The standard InChI is InChI=1S/C15H16ClFN2/c1-10-4-3-7-18-15(10)9-19-11(2)12-5-6-13(16)14(17)8-12/h3-8,11,19H,9H2,1-2H3. The van der Waals surface area contributed by atoms with Gasteiger partial charge in [0.15, 0.2) is 0 Å². The molecule has 2 rings (SSSR count). The van der Waals surface area contributed by atoms with Gasteiger partial charge >= 0.3 is 0 Å². The fourth-order valence-electron chi connectivity index (χ4n) is 1.85. The monoisotopic (exact) mass is 278 g/mol. The lowest BCUT2D eigenvalue weighted by Crippen LogP contribution is -2.19. The van der Waals surface area contributed by atoms with Crippen LogP contribution >= 0.6 is 11.6 Å². The highest BCUT2D eigenvalue weighted by Crippen LogP contribution is 2.20. The predicted octanol–water partition coefficient (Wildman–Crippen LogP) is 4.03. The molecule has 2 aromatic rings. The van der Waals surface area contributed by atoms with Crippen LogP contribution in [0, 0.1) is 12.7 Å². The van der Waals surface area contributed by atoms with E-state index in [1.54, 1.807) is 12.3 Å². The van der Waals surface area contributed by atoms with Gasteiger partial charge in [-0.15, -0.1) is 0 Å². The molecule has 1 heterocycles. The normalized spacial score (nSPS) is 12.4. The Kier molecular flexibility index (Phi) is 4.51. The first-order valence-corrected chi connectivity index (χ1v) is 6.54. The fourth-order valence-corrected chi connectivity index (χ4v) is 1.97. The van der Waals surface area contributed by atoms with Crippen LogP contribution in [-0.4, -0.2) is 4.98 Å². The topological polar surface area (TPSA) is 24.9 Å². The first kappa shape index (κ1) is 14.0. The third-order valence-corrected chi connectivity index (χ3v) is 3.44. The van der Waals surface area contributed by atoms with Crippen LogP contribution in [0.25, 0.3) is 0 Å². The highest BCUT2D eigenvalue weighted by atomic mass is 35.5. The Bertz CT molecular complexity index is 572. The number of pyridine rings is 1. The predicted molar refractivity (Wildman–Crippen MR) is 75.6 cm³/mol. The summed E-state index contributed by atoms with van der Waals surface area (Å²) in [5.74, 6) is -0.387. The van der Waals surface area contributed by atoms with Crippen LogP contribution in [0.4, 0.5) is 4.39 Å². The van der Waals surface area contributed by atoms with E-state index < -0.39 is 0 Å². The minimum absolute atomic E-state index is 0.0353. The summed E-state index contributed by atoms with van der Waals surface area (Å²) in [5, 5.41) is 3.48. The van der Waals surface area contributed by atoms with Crippen LogP contribution in [0.3, 0.4) is 0 Å². The highest BCUT2D eigenvalue weighted by Gasteiger charge is 2.09. The molecular formula is C15H16ClFN2. The van der Waals surface area contributed by atoms with E-state index in [0.29, 0.717) is 6.54 Å². The average molecular weight is 279 g/mol. The largest absolute Gasteiger partial charge is 0.305 e. The van der Waals surface area contributed by atoms with Crippen LogP contribution in [0.15, 0.2) is 36.5 Å². The molecule has 1 unspecified atom stereocenters. The van der Waals surface area contributed by atoms with Crippen molar-refractivity contribution in [2.24, 2.45) is 0 Å². The summed E-state index contributed by atoms with van der Waals surface area (Å²) in [4.78, 5) is 4.32. The lowest BCUT2D eigenvalue weighted by molar-refractivity contribution is 0.558. The van der Waals surface area contributed by atoms with E-state index in [-0.39, 0.29) is 16.9 Å². The van der Waals surface area contributed by atoms with Crippen molar-refractivity contribution in [3.05, 3.63) is 64.2 Å². The Morgan fingerprint density at radius 2 is 2.16 bits per heavy atom. The summed E-state index contributed by atoms with van der Waals surface area (Å²) >= 11 is 5.67. The van der Waals surface area contributed by atoms with Gasteiger partial charge in [-0.05, 0) is 43.2 Å². The van der Waals surface area contributed by atoms with E-state index in [9.17, 15) is 4.39 Å². The van der Waals surface area contributed by atoms with Gasteiger partial charge in [0.2, 0.25) is 0 Å². The summed E-state index contributed by atoms with van der Waals surface area (Å²) in [5.41, 5.74) is 3.02. The Balaban J connectivity index is 2.03. The molecule has 0 bridgehead atoms. The zero-order chi connectivity index (χ0) is 13.8. The third-order valence-electron chi connectivity index (χ3n) is 3.14. The van der Waals surface area contributed by atoms with Crippen LogP contribution in [-0.2, 0) is 6.54 Å². The summed E-state index contributed by atoms with van der Waals surface area (Å²) in [7, 11) is 0. The van der Waals surface area contributed by atoms with Crippen molar-refractivity contribution >= 4 is 11.6 Å². The molecule has 1 N–H and O–H groups in total. The highest BCUT2D eigenvalue weighted by molar-refractivity contribution is 6.30. The van der Waals surface area contributed by atoms with Crippen molar-refractivity contribution in [3.63, 3.8) is 0 Å². The van der Waals surface area contributed by atoms with Gasteiger partial charge in [0.25, 0.3) is 0 Å². The maximum absolute atomic E-state index is 13.4. The van der Waals surface area contributed by atoms with E-state index in [1.807, 2.05) is 32.0 Å². The average Bonchev–Trinajstić information content (AvgIpc) is 2.40. The van der Waals surface area contributed by atoms with E-state index in [0.717, 1.165) is 16.8 Å². The second-order valence-corrected chi connectivity index (χ2v) is 4.95. The van der Waals surface area contributed by atoms with Gasteiger partial charge in [-0.1, -0.05) is 23.7 Å². The molecule has 100 valence electrons. The van der Waals surface area contributed by atoms with Crippen molar-refractivity contribution in [2.45, 2.75) is 26.4 Å². The molecule has 0 saturated carbocycles. The molecule has 1 aromatic heterocycles. The van der Waals surface area contributed by atoms with E-state index >= 15 is 0 Å². The van der Waals surface area contributed by atoms with Crippen LogP contribution in [0.1, 0.15) is 29.8 Å². The van der Waals surface area contributed by atoms with Crippen molar-refractivity contribution < 1.29 is 4.39 Å². The van der Waals surface area contributed by atoms with Gasteiger partial charge in [0.1, 0.15) is 5.82 Å². The Morgan fingerprint density at radius 3 is 2.84 bits per heavy atom. The molecule has 2 nitrogen and oxygen atoms in total. The first-order chi connectivity index (χ1) is 9.08. The second-order valence-electron chi connectivity index (χ2n) is 4.54. The zero-order valence-electron chi connectivity index (χ0n) is 11.0. The number of hydrogen-bond donors (Lipinski definition) is 1. The number of hydrogen-bond acceptors (Lipinski definition) is 2. The van der Waals surface area contributed by atoms with E-state index in [4.69, 9.17) is 11.6 Å². The van der Waals surface area contributed by atoms with Crippen molar-refractivity contribution in [1.82, 2.24) is 10.3 Å². The number of aryl methyl sites for hydroxylation is 1. The van der Waals surface area contributed by atoms with Crippen LogP contribution in [0.2, 0.25) is 5.02 Å². The maximum Gasteiger partial charge on any atom is 0.142 e. The Hall–Kier alpha value is -1.45. The van der Waals surface area contributed by atoms with Gasteiger partial charge < -0.3 is 5.32 Å². The van der Waals surface area contributed by atoms with Gasteiger partial charge in [-0.2, -0.15) is 0 Å². The maximum atomic E-state index is 13.4. The summed E-state index contributed by atoms with van der Waals surface area (Å²) < 4.78 is 13.4. The lowest BCUT2D eigenvalue weighted by Gasteiger charge is -2.15. The Labute approximate surface area is 117 Å². The fraction of sp³-hybridized carbons (Fsp3) is 0.267. The molecule has 0 aliphatic carbocycles. The van der Waals surface area contributed by atoms with Crippen LogP contribution < -0.4 is 5.32 Å². The van der Waals surface area contributed by atoms with E-state index in [1.165, 1.54) is 6.07 Å². The molecule has 1 atom stereocenters. The van der Waals surface area contributed by atoms with Crippen molar-refractivity contribution in [3.8, 4) is 0 Å². The quantitative estimate of drug-likeness (QED) is 0.913. The van der Waals surface area contributed by atoms with Crippen molar-refractivity contribution in [2.75, 3.05) is 0 Å². The SMILES string of the molecule is Cc1cccnc1CNC(C)c1ccc(Cl)c(F)c1. The molecule has 0 spiro atoms. The molecule has 0 radical (unpaired) electrons. The minimum atomic E-state index is -0.387. The molecule has 0 aliphatic rings. The van der Waals surface area contributed by atoms with Gasteiger partial charge in [0, 0.05) is 18.8 Å². The molecule has 19 heavy (non-hydrogen) atoms. The number of aromatic nitrogens is 1. The minimum Gasteiger partial charge on any atom is -0.305 e. The molecule has 0 aliphatic heterocycles. The molecular weight excluding hydrogens is 263 g/mol. The summed E-state index contributed by atoms with van der Waals surface area (Å²) in [6.07, 6.45) is 1.77. The number of benzene rings is 1. The summed E-state index contributed by atoms with van der Waals surface area (Å²) in [6, 6.07) is 8.84. The smallest absolute Gasteiger partial charge is 0.142 e. The third kappa shape index (κ3) is 3.52. The molecule has 1 aromatic carbocycles. The number of halogens is 2. The molecule has 0 fully saturated rings. The van der Waals surface area contributed by atoms with Gasteiger partial charge in [-0.3, -0.25) is 4.98 Å². The van der Waals surface area contributed by atoms with Gasteiger partial charge in [0.05, 0.1) is 10.7 Å².